The number of hydrogen-bond donors (Lipinski definition) is 3. The first-order valence-electron chi connectivity index (χ1n) is 11.8. The zero-order valence-electron chi connectivity index (χ0n) is 19.8. The van der Waals surface area contributed by atoms with Crippen molar-refractivity contribution in [3.05, 3.63) is 59.7 Å². The number of carboxylic acids is 1. The van der Waals surface area contributed by atoms with Crippen molar-refractivity contribution in [3.8, 4) is 11.1 Å². The van der Waals surface area contributed by atoms with Crippen LogP contribution in [0.3, 0.4) is 0 Å². The van der Waals surface area contributed by atoms with Gasteiger partial charge in [0.1, 0.15) is 12.6 Å². The summed E-state index contributed by atoms with van der Waals surface area (Å²) in [5.74, 6) is -1.65. The second-order valence-electron chi connectivity index (χ2n) is 10.3. The molecule has 4 rings (SSSR count). The number of aliphatic carboxylic acids is 1. The lowest BCUT2D eigenvalue weighted by atomic mass is 9.86. The molecule has 7 nitrogen and oxygen atoms in total. The standard InChI is InChI=1S/C27H32N2O5/c1-27(2,3)23(24(30)28-17-13-12-16(14-17)25(31)32)29-26(33)34-15-22-20-10-6-4-8-18(20)19-9-5-7-11-21(19)22/h4-11,16-17,22-23H,12-15H2,1-3H3,(H,28,30)(H,29,33)(H,31,32)/t16?,17?,23-/m1/s1. The van der Waals surface area contributed by atoms with E-state index in [2.05, 4.69) is 34.9 Å². The quantitative estimate of drug-likeness (QED) is 0.591. The van der Waals surface area contributed by atoms with Crippen LogP contribution in [0.1, 0.15) is 57.1 Å². The predicted octanol–water partition coefficient (Wildman–Crippen LogP) is 4.31. The molecule has 3 atom stereocenters. The molecule has 7 heteroatoms. The third-order valence-electron chi connectivity index (χ3n) is 6.86. The number of alkyl carbamates (subject to hydrolysis) is 1. The molecule has 0 radical (unpaired) electrons. The van der Waals surface area contributed by atoms with E-state index < -0.39 is 29.4 Å². The van der Waals surface area contributed by atoms with Crippen molar-refractivity contribution in [3.63, 3.8) is 0 Å². The minimum Gasteiger partial charge on any atom is -0.481 e. The lowest BCUT2D eigenvalue weighted by molar-refractivity contribution is -0.141. The Hall–Kier alpha value is -3.35. The highest BCUT2D eigenvalue weighted by Crippen LogP contribution is 2.44. The van der Waals surface area contributed by atoms with E-state index in [1.165, 1.54) is 0 Å². The molecular weight excluding hydrogens is 432 g/mol. The van der Waals surface area contributed by atoms with Crippen molar-refractivity contribution >= 4 is 18.0 Å². The molecule has 180 valence electrons. The molecule has 0 spiro atoms. The molecule has 0 bridgehead atoms. The van der Waals surface area contributed by atoms with E-state index in [1.54, 1.807) is 0 Å². The SMILES string of the molecule is CC(C)(C)[C@H](NC(=O)OCC1c2ccccc2-c2ccccc21)C(=O)NC1CCC(C(=O)O)C1. The lowest BCUT2D eigenvalue weighted by Gasteiger charge is -2.31. The minimum atomic E-state index is -0.833. The smallest absolute Gasteiger partial charge is 0.407 e. The Morgan fingerprint density at radius 2 is 1.59 bits per heavy atom. The van der Waals surface area contributed by atoms with E-state index in [9.17, 15) is 19.5 Å². The van der Waals surface area contributed by atoms with Gasteiger partial charge < -0.3 is 20.5 Å². The maximum Gasteiger partial charge on any atom is 0.407 e. The molecule has 2 aliphatic carbocycles. The third-order valence-corrected chi connectivity index (χ3v) is 6.86. The summed E-state index contributed by atoms with van der Waals surface area (Å²) in [6.07, 6.45) is 0.917. The molecular formula is C27H32N2O5. The van der Waals surface area contributed by atoms with Crippen LogP contribution in [-0.4, -0.2) is 41.8 Å². The highest BCUT2D eigenvalue weighted by molar-refractivity contribution is 5.87. The molecule has 3 N–H and O–H groups in total. The summed E-state index contributed by atoms with van der Waals surface area (Å²) in [5, 5.41) is 14.9. The number of hydrogen-bond acceptors (Lipinski definition) is 4. The number of nitrogens with one attached hydrogen (secondary N) is 2. The van der Waals surface area contributed by atoms with Gasteiger partial charge in [-0.2, -0.15) is 0 Å². The summed E-state index contributed by atoms with van der Waals surface area (Å²) < 4.78 is 5.63. The van der Waals surface area contributed by atoms with Crippen molar-refractivity contribution in [2.75, 3.05) is 6.61 Å². The van der Waals surface area contributed by atoms with E-state index in [4.69, 9.17) is 4.74 Å². The number of carbonyl (C=O) groups excluding carboxylic acids is 2. The van der Waals surface area contributed by atoms with Crippen molar-refractivity contribution in [2.45, 2.75) is 58.0 Å². The van der Waals surface area contributed by atoms with Crippen LogP contribution in [0.15, 0.2) is 48.5 Å². The fraction of sp³-hybridized carbons (Fsp3) is 0.444. The molecule has 0 heterocycles. The maximum absolute atomic E-state index is 13.0. The van der Waals surface area contributed by atoms with Gasteiger partial charge in [-0.3, -0.25) is 9.59 Å². The van der Waals surface area contributed by atoms with E-state index in [0.29, 0.717) is 19.3 Å². The summed E-state index contributed by atoms with van der Waals surface area (Å²) in [6.45, 7) is 5.78. The van der Waals surface area contributed by atoms with Crippen molar-refractivity contribution in [1.29, 1.82) is 0 Å². The summed E-state index contributed by atoms with van der Waals surface area (Å²) in [6, 6.07) is 15.2. The molecule has 2 amide bonds. The summed E-state index contributed by atoms with van der Waals surface area (Å²) in [4.78, 5) is 37.0. The average Bonchev–Trinajstić information content (AvgIpc) is 3.38. The first-order valence-corrected chi connectivity index (χ1v) is 11.8. The van der Waals surface area contributed by atoms with Gasteiger partial charge in [-0.1, -0.05) is 69.3 Å². The molecule has 0 aliphatic heterocycles. The summed E-state index contributed by atoms with van der Waals surface area (Å²) >= 11 is 0. The topological polar surface area (TPSA) is 105 Å². The second kappa shape index (κ2) is 9.49. The fourth-order valence-corrected chi connectivity index (χ4v) is 5.05. The Kier molecular flexibility index (Phi) is 6.64. The molecule has 1 fully saturated rings. The first-order chi connectivity index (χ1) is 16.1. The molecule has 2 aromatic rings. The van der Waals surface area contributed by atoms with E-state index in [1.807, 2.05) is 45.0 Å². The summed E-state index contributed by atoms with van der Waals surface area (Å²) in [5.41, 5.74) is 3.98. The van der Waals surface area contributed by atoms with Crippen LogP contribution in [0, 0.1) is 11.3 Å². The molecule has 2 aliphatic rings. The Morgan fingerprint density at radius 3 is 2.12 bits per heavy atom. The van der Waals surface area contributed by atoms with Gasteiger partial charge in [0, 0.05) is 12.0 Å². The summed E-state index contributed by atoms with van der Waals surface area (Å²) in [7, 11) is 0. The number of rotatable bonds is 6. The van der Waals surface area contributed by atoms with Crippen LogP contribution in [0.4, 0.5) is 4.79 Å². The second-order valence-corrected chi connectivity index (χ2v) is 10.3. The Bertz CT molecular complexity index is 1040. The van der Waals surface area contributed by atoms with Crippen LogP contribution >= 0.6 is 0 Å². The van der Waals surface area contributed by atoms with E-state index in [-0.39, 0.29) is 24.5 Å². The zero-order valence-corrected chi connectivity index (χ0v) is 19.8. The predicted molar refractivity (Wildman–Crippen MR) is 128 cm³/mol. The van der Waals surface area contributed by atoms with Gasteiger partial charge >= 0.3 is 12.1 Å². The van der Waals surface area contributed by atoms with Gasteiger partial charge in [0.2, 0.25) is 5.91 Å². The van der Waals surface area contributed by atoms with Gasteiger partial charge in [0.15, 0.2) is 0 Å². The number of carbonyl (C=O) groups is 3. The highest BCUT2D eigenvalue weighted by Gasteiger charge is 2.37. The van der Waals surface area contributed by atoms with Crippen LogP contribution in [0.2, 0.25) is 0 Å². The Balaban J connectivity index is 1.39. The molecule has 34 heavy (non-hydrogen) atoms. The lowest BCUT2D eigenvalue weighted by Crippen LogP contribution is -2.55. The molecule has 0 aromatic heterocycles. The van der Waals surface area contributed by atoms with Crippen molar-refractivity contribution in [2.24, 2.45) is 11.3 Å². The number of amides is 2. The Labute approximate surface area is 199 Å². The number of carboxylic acid groups (broad SMARTS) is 1. The number of benzene rings is 2. The van der Waals surface area contributed by atoms with Gasteiger partial charge in [0.05, 0.1) is 5.92 Å². The molecule has 0 saturated heterocycles. The molecule has 2 aromatic carbocycles. The van der Waals surface area contributed by atoms with Crippen LogP contribution < -0.4 is 10.6 Å². The van der Waals surface area contributed by atoms with Crippen molar-refractivity contribution in [1.82, 2.24) is 10.6 Å². The third kappa shape index (κ3) is 4.93. The van der Waals surface area contributed by atoms with Crippen LogP contribution in [0.25, 0.3) is 11.1 Å². The average molecular weight is 465 g/mol. The minimum absolute atomic E-state index is 0.0634. The maximum atomic E-state index is 13.0. The molecule has 1 saturated carbocycles. The van der Waals surface area contributed by atoms with Gasteiger partial charge in [-0.05, 0) is 46.9 Å². The van der Waals surface area contributed by atoms with Crippen LogP contribution in [0.5, 0.6) is 0 Å². The van der Waals surface area contributed by atoms with Gasteiger partial charge in [-0.25, -0.2) is 4.79 Å². The highest BCUT2D eigenvalue weighted by atomic mass is 16.5. The van der Waals surface area contributed by atoms with Gasteiger partial charge in [0.25, 0.3) is 0 Å². The number of fused-ring (bicyclic) bond motifs is 3. The largest absolute Gasteiger partial charge is 0.481 e. The Morgan fingerprint density at radius 1 is 1.00 bits per heavy atom. The number of ether oxygens (including phenoxy) is 1. The van der Waals surface area contributed by atoms with Crippen LogP contribution in [-0.2, 0) is 14.3 Å². The zero-order chi connectivity index (χ0) is 24.5. The molecule has 2 unspecified atom stereocenters. The fourth-order valence-electron chi connectivity index (χ4n) is 5.05. The van der Waals surface area contributed by atoms with Gasteiger partial charge in [-0.15, -0.1) is 0 Å². The normalized spacial score (nSPS) is 20.2. The first kappa shape index (κ1) is 23.8. The monoisotopic (exact) mass is 464 g/mol. The van der Waals surface area contributed by atoms with E-state index in [0.717, 1.165) is 22.3 Å². The van der Waals surface area contributed by atoms with Crippen molar-refractivity contribution < 1.29 is 24.2 Å². The van der Waals surface area contributed by atoms with E-state index >= 15 is 0 Å².